The minimum atomic E-state index is -0.236. The van der Waals surface area contributed by atoms with Crippen LogP contribution in [0.5, 0.6) is 0 Å². The number of hydrogen-bond donors (Lipinski definition) is 1. The van der Waals surface area contributed by atoms with Crippen molar-refractivity contribution in [2.75, 3.05) is 31.6 Å². The van der Waals surface area contributed by atoms with E-state index in [0.717, 1.165) is 24.5 Å². The van der Waals surface area contributed by atoms with Crippen LogP contribution >= 0.6 is 0 Å². The molecule has 0 radical (unpaired) electrons. The van der Waals surface area contributed by atoms with Gasteiger partial charge in [-0.05, 0) is 25.5 Å². The highest BCUT2D eigenvalue weighted by atomic mass is 16.2. The first-order valence-corrected chi connectivity index (χ1v) is 7.76. The number of carbonyl (C=O) groups is 2. The van der Waals surface area contributed by atoms with Crippen molar-refractivity contribution in [3.63, 3.8) is 0 Å². The second kappa shape index (κ2) is 7.24. The standard InChI is InChI=1S/C16H24N4O2/c1-4-20(5-2)14-7-6-12(9-17-14)10-18-16(22)13-8-15(21)19(3)11-13/h6-7,9,13H,4-5,8,10-11H2,1-3H3,(H,18,22). The van der Waals surface area contributed by atoms with Crippen molar-refractivity contribution in [1.82, 2.24) is 15.2 Å². The first-order chi connectivity index (χ1) is 10.5. The predicted molar refractivity (Wildman–Crippen MR) is 85.4 cm³/mol. The SMILES string of the molecule is CCN(CC)c1ccc(CNC(=O)C2CC(=O)N(C)C2)cn1. The molecule has 1 N–H and O–H groups in total. The molecular weight excluding hydrogens is 280 g/mol. The first kappa shape index (κ1) is 16.3. The molecule has 1 aliphatic heterocycles. The van der Waals surface area contributed by atoms with Gasteiger partial charge in [0.2, 0.25) is 11.8 Å². The fourth-order valence-corrected chi connectivity index (χ4v) is 2.63. The Morgan fingerprint density at radius 1 is 1.41 bits per heavy atom. The van der Waals surface area contributed by atoms with E-state index < -0.39 is 0 Å². The number of pyridine rings is 1. The quantitative estimate of drug-likeness (QED) is 0.852. The normalized spacial score (nSPS) is 17.7. The smallest absolute Gasteiger partial charge is 0.225 e. The minimum absolute atomic E-state index is 0.0328. The molecule has 1 aromatic heterocycles. The van der Waals surface area contributed by atoms with E-state index in [1.807, 2.05) is 12.1 Å². The number of nitrogens with one attached hydrogen (secondary N) is 1. The molecule has 1 atom stereocenters. The lowest BCUT2D eigenvalue weighted by atomic mass is 10.1. The molecular formula is C16H24N4O2. The van der Waals surface area contributed by atoms with Crippen molar-refractivity contribution in [3.8, 4) is 0 Å². The van der Waals surface area contributed by atoms with Gasteiger partial charge in [-0.2, -0.15) is 0 Å². The molecule has 1 saturated heterocycles. The summed E-state index contributed by atoms with van der Waals surface area (Å²) in [5.41, 5.74) is 0.960. The molecule has 0 bridgehead atoms. The Labute approximate surface area is 131 Å². The molecule has 0 aromatic carbocycles. The number of carbonyl (C=O) groups excluding carboxylic acids is 2. The van der Waals surface area contributed by atoms with Crippen LogP contribution in [-0.2, 0) is 16.1 Å². The van der Waals surface area contributed by atoms with Crippen LogP contribution < -0.4 is 10.2 Å². The summed E-state index contributed by atoms with van der Waals surface area (Å²) < 4.78 is 0. The summed E-state index contributed by atoms with van der Waals surface area (Å²) in [6.45, 7) is 6.98. The van der Waals surface area contributed by atoms with Crippen LogP contribution in [-0.4, -0.2) is 48.4 Å². The molecule has 22 heavy (non-hydrogen) atoms. The van der Waals surface area contributed by atoms with Gasteiger partial charge in [0.1, 0.15) is 5.82 Å². The lowest BCUT2D eigenvalue weighted by Gasteiger charge is -2.19. The van der Waals surface area contributed by atoms with E-state index in [1.54, 1.807) is 18.1 Å². The van der Waals surface area contributed by atoms with Crippen LogP contribution in [0.2, 0.25) is 0 Å². The summed E-state index contributed by atoms with van der Waals surface area (Å²) in [5, 5.41) is 2.89. The van der Waals surface area contributed by atoms with Gasteiger partial charge in [0.05, 0.1) is 5.92 Å². The molecule has 2 rings (SSSR count). The summed E-state index contributed by atoms with van der Waals surface area (Å²) >= 11 is 0. The van der Waals surface area contributed by atoms with E-state index in [1.165, 1.54) is 0 Å². The number of nitrogens with zero attached hydrogens (tertiary/aromatic N) is 3. The number of aromatic nitrogens is 1. The van der Waals surface area contributed by atoms with Crippen LogP contribution in [0.15, 0.2) is 18.3 Å². The van der Waals surface area contributed by atoms with Crippen LogP contribution in [0.1, 0.15) is 25.8 Å². The fraction of sp³-hybridized carbons (Fsp3) is 0.562. The Bertz CT molecular complexity index is 525. The van der Waals surface area contributed by atoms with E-state index in [-0.39, 0.29) is 17.7 Å². The Morgan fingerprint density at radius 2 is 2.14 bits per heavy atom. The van der Waals surface area contributed by atoms with E-state index in [4.69, 9.17) is 0 Å². The van der Waals surface area contributed by atoms with E-state index in [2.05, 4.69) is 29.0 Å². The molecule has 6 heteroatoms. The molecule has 1 aliphatic rings. The van der Waals surface area contributed by atoms with E-state index >= 15 is 0 Å². The van der Waals surface area contributed by atoms with Gasteiger partial charge in [0.15, 0.2) is 0 Å². The van der Waals surface area contributed by atoms with Gasteiger partial charge in [-0.15, -0.1) is 0 Å². The van der Waals surface area contributed by atoms with Gasteiger partial charge < -0.3 is 15.1 Å². The molecule has 1 aromatic rings. The summed E-state index contributed by atoms with van der Waals surface area (Å²) in [6, 6.07) is 3.95. The number of rotatable bonds is 6. The van der Waals surface area contributed by atoms with Crippen LogP contribution in [0, 0.1) is 5.92 Å². The van der Waals surface area contributed by atoms with Gasteiger partial charge in [-0.3, -0.25) is 9.59 Å². The third-order valence-electron chi connectivity index (χ3n) is 4.08. The zero-order chi connectivity index (χ0) is 16.1. The summed E-state index contributed by atoms with van der Waals surface area (Å²) in [7, 11) is 1.73. The van der Waals surface area contributed by atoms with E-state index in [0.29, 0.717) is 19.5 Å². The van der Waals surface area contributed by atoms with Gasteiger partial charge in [-0.1, -0.05) is 6.07 Å². The summed E-state index contributed by atoms with van der Waals surface area (Å²) in [5.74, 6) is 0.680. The number of anilines is 1. The van der Waals surface area contributed by atoms with Crippen molar-refractivity contribution in [2.45, 2.75) is 26.8 Å². The Hall–Kier alpha value is -2.11. The average molecular weight is 304 g/mol. The highest BCUT2D eigenvalue weighted by molar-refractivity contribution is 5.89. The third kappa shape index (κ3) is 3.75. The van der Waals surface area contributed by atoms with Gasteiger partial charge in [-0.25, -0.2) is 4.98 Å². The number of hydrogen-bond acceptors (Lipinski definition) is 4. The zero-order valence-corrected chi connectivity index (χ0v) is 13.5. The van der Waals surface area contributed by atoms with Crippen LogP contribution in [0.4, 0.5) is 5.82 Å². The van der Waals surface area contributed by atoms with Crippen molar-refractivity contribution in [3.05, 3.63) is 23.9 Å². The topological polar surface area (TPSA) is 65.5 Å². The highest BCUT2D eigenvalue weighted by Gasteiger charge is 2.31. The summed E-state index contributed by atoms with van der Waals surface area (Å²) in [4.78, 5) is 31.7. The third-order valence-corrected chi connectivity index (χ3v) is 4.08. The highest BCUT2D eigenvalue weighted by Crippen LogP contribution is 2.16. The Morgan fingerprint density at radius 3 is 2.64 bits per heavy atom. The molecule has 0 aliphatic carbocycles. The fourth-order valence-electron chi connectivity index (χ4n) is 2.63. The molecule has 0 spiro atoms. The van der Waals surface area contributed by atoms with Gasteiger partial charge in [0.25, 0.3) is 0 Å². The lowest BCUT2D eigenvalue weighted by Crippen LogP contribution is -2.31. The van der Waals surface area contributed by atoms with Gasteiger partial charge in [0, 0.05) is 45.8 Å². The average Bonchev–Trinajstić information content (AvgIpc) is 2.87. The second-order valence-electron chi connectivity index (χ2n) is 5.59. The lowest BCUT2D eigenvalue weighted by molar-refractivity contribution is -0.128. The molecule has 2 amide bonds. The first-order valence-electron chi connectivity index (χ1n) is 7.76. The largest absolute Gasteiger partial charge is 0.357 e. The maximum Gasteiger partial charge on any atom is 0.225 e. The Kier molecular flexibility index (Phi) is 5.35. The number of amides is 2. The maximum absolute atomic E-state index is 12.1. The second-order valence-corrected chi connectivity index (χ2v) is 5.59. The van der Waals surface area contributed by atoms with Crippen LogP contribution in [0.3, 0.4) is 0 Å². The Balaban J connectivity index is 1.87. The summed E-state index contributed by atoms with van der Waals surface area (Å²) in [6.07, 6.45) is 2.10. The van der Waals surface area contributed by atoms with Crippen molar-refractivity contribution in [1.29, 1.82) is 0 Å². The van der Waals surface area contributed by atoms with E-state index in [9.17, 15) is 9.59 Å². The molecule has 2 heterocycles. The molecule has 0 saturated carbocycles. The predicted octanol–water partition coefficient (Wildman–Crippen LogP) is 1.02. The molecule has 1 unspecified atom stereocenters. The monoisotopic (exact) mass is 304 g/mol. The van der Waals surface area contributed by atoms with Crippen molar-refractivity contribution in [2.24, 2.45) is 5.92 Å². The van der Waals surface area contributed by atoms with Gasteiger partial charge >= 0.3 is 0 Å². The number of likely N-dealkylation sites (tertiary alicyclic amines) is 1. The van der Waals surface area contributed by atoms with Crippen molar-refractivity contribution < 1.29 is 9.59 Å². The minimum Gasteiger partial charge on any atom is -0.357 e. The van der Waals surface area contributed by atoms with Crippen LogP contribution in [0.25, 0.3) is 0 Å². The maximum atomic E-state index is 12.1. The molecule has 1 fully saturated rings. The molecule has 120 valence electrons. The molecule has 6 nitrogen and oxygen atoms in total. The van der Waals surface area contributed by atoms with Crippen molar-refractivity contribution >= 4 is 17.6 Å². The zero-order valence-electron chi connectivity index (χ0n) is 13.5.